The third-order valence-electron chi connectivity index (χ3n) is 4.86. The first kappa shape index (κ1) is 22.5. The maximum atomic E-state index is 13.0. The zero-order chi connectivity index (χ0) is 22.6. The molecule has 3 aromatic carbocycles. The van der Waals surface area contributed by atoms with E-state index in [9.17, 15) is 13.5 Å². The molecule has 0 radical (unpaired) electrons. The molecule has 0 saturated carbocycles. The number of benzene rings is 3. The summed E-state index contributed by atoms with van der Waals surface area (Å²) in [6.07, 6.45) is -1.12. The molecule has 8 heteroatoms. The first-order chi connectivity index (χ1) is 14.8. The molecule has 0 aliphatic rings. The molecular weight excluding hydrogens is 418 g/mol. The first-order valence-electron chi connectivity index (χ1n) is 9.46. The molecule has 0 spiro atoms. The van der Waals surface area contributed by atoms with Crippen molar-refractivity contribution in [1.82, 2.24) is 0 Å². The highest BCUT2D eigenvalue weighted by Crippen LogP contribution is 2.39. The van der Waals surface area contributed by atoms with Crippen molar-refractivity contribution < 1.29 is 27.7 Å². The number of hydrogen-bond acceptors (Lipinski definition) is 6. The second-order valence-electron chi connectivity index (χ2n) is 6.89. The van der Waals surface area contributed by atoms with Gasteiger partial charge in [-0.05, 0) is 42.8 Å². The minimum atomic E-state index is -3.90. The van der Waals surface area contributed by atoms with Crippen LogP contribution in [0.1, 0.15) is 22.8 Å². The Morgan fingerprint density at radius 3 is 1.97 bits per heavy atom. The van der Waals surface area contributed by atoms with Crippen LogP contribution in [0.2, 0.25) is 0 Å². The summed E-state index contributed by atoms with van der Waals surface area (Å²) in [5.74, 6) is 1.33. The molecule has 1 atom stereocenters. The zero-order valence-electron chi connectivity index (χ0n) is 17.7. The molecule has 0 amide bonds. The van der Waals surface area contributed by atoms with Gasteiger partial charge in [-0.1, -0.05) is 29.8 Å². The third-order valence-corrected chi connectivity index (χ3v) is 6.24. The van der Waals surface area contributed by atoms with Crippen LogP contribution in [-0.4, -0.2) is 34.9 Å². The average Bonchev–Trinajstić information content (AvgIpc) is 2.78. The van der Waals surface area contributed by atoms with Gasteiger partial charge in [0.25, 0.3) is 10.0 Å². The number of aryl methyl sites for hydroxylation is 1. The summed E-state index contributed by atoms with van der Waals surface area (Å²) >= 11 is 0. The number of sulfonamides is 1. The topological polar surface area (TPSA) is 94.1 Å². The number of aliphatic hydroxyl groups is 1. The number of ether oxygens (including phenoxy) is 3. The smallest absolute Gasteiger partial charge is 0.261 e. The molecule has 3 aromatic rings. The second kappa shape index (κ2) is 9.28. The highest BCUT2D eigenvalue weighted by molar-refractivity contribution is 7.92. The van der Waals surface area contributed by atoms with E-state index >= 15 is 0 Å². The standard InChI is InChI=1S/C23H25NO6S/c1-15-5-11-18(12-6-15)31(26,27)24-20-14-22(30-4)21(29-3)13-19(20)23(25)16-7-9-17(28-2)10-8-16/h5-14,23-25H,1-4H3. The van der Waals surface area contributed by atoms with Crippen molar-refractivity contribution in [3.8, 4) is 17.2 Å². The van der Waals surface area contributed by atoms with E-state index in [4.69, 9.17) is 14.2 Å². The number of anilines is 1. The van der Waals surface area contributed by atoms with Crippen molar-refractivity contribution in [2.75, 3.05) is 26.1 Å². The highest BCUT2D eigenvalue weighted by atomic mass is 32.2. The predicted molar refractivity (Wildman–Crippen MR) is 119 cm³/mol. The lowest BCUT2D eigenvalue weighted by Crippen LogP contribution is -2.16. The van der Waals surface area contributed by atoms with Gasteiger partial charge in [0.2, 0.25) is 0 Å². The quantitative estimate of drug-likeness (QED) is 0.548. The van der Waals surface area contributed by atoms with Gasteiger partial charge in [0.1, 0.15) is 11.9 Å². The zero-order valence-corrected chi connectivity index (χ0v) is 18.6. The molecule has 0 aromatic heterocycles. The second-order valence-corrected chi connectivity index (χ2v) is 8.57. The van der Waals surface area contributed by atoms with E-state index in [-0.39, 0.29) is 10.6 Å². The van der Waals surface area contributed by atoms with Crippen LogP contribution >= 0.6 is 0 Å². The molecule has 2 N–H and O–H groups in total. The van der Waals surface area contributed by atoms with Crippen molar-refractivity contribution >= 4 is 15.7 Å². The molecule has 0 fully saturated rings. The van der Waals surface area contributed by atoms with Crippen molar-refractivity contribution in [2.45, 2.75) is 17.9 Å². The highest BCUT2D eigenvalue weighted by Gasteiger charge is 2.23. The minimum Gasteiger partial charge on any atom is -0.497 e. The lowest BCUT2D eigenvalue weighted by atomic mass is 9.99. The summed E-state index contributed by atoms with van der Waals surface area (Å²) < 4.78 is 44.4. The van der Waals surface area contributed by atoms with E-state index in [2.05, 4.69) is 4.72 Å². The summed E-state index contributed by atoms with van der Waals surface area (Å²) in [5.41, 5.74) is 2.00. The lowest BCUT2D eigenvalue weighted by molar-refractivity contribution is 0.220. The molecule has 0 bridgehead atoms. The number of hydrogen-bond donors (Lipinski definition) is 2. The van der Waals surface area contributed by atoms with Crippen LogP contribution < -0.4 is 18.9 Å². The molecule has 3 rings (SSSR count). The summed E-state index contributed by atoms with van der Waals surface area (Å²) in [4.78, 5) is 0.109. The first-order valence-corrected chi connectivity index (χ1v) is 10.9. The largest absolute Gasteiger partial charge is 0.497 e. The molecule has 164 valence electrons. The summed E-state index contributed by atoms with van der Waals surface area (Å²) in [7, 11) is 0.576. The molecule has 0 aliphatic heterocycles. The lowest BCUT2D eigenvalue weighted by Gasteiger charge is -2.20. The van der Waals surface area contributed by atoms with Crippen molar-refractivity contribution in [3.05, 3.63) is 77.4 Å². The Labute approximate surface area is 182 Å². The van der Waals surface area contributed by atoms with Crippen LogP contribution in [0.4, 0.5) is 5.69 Å². The average molecular weight is 444 g/mol. The number of aliphatic hydroxyl groups excluding tert-OH is 1. The number of methoxy groups -OCH3 is 3. The van der Waals surface area contributed by atoms with Crippen molar-refractivity contribution in [1.29, 1.82) is 0 Å². The van der Waals surface area contributed by atoms with E-state index in [0.29, 0.717) is 28.4 Å². The van der Waals surface area contributed by atoms with Gasteiger partial charge < -0.3 is 19.3 Å². The van der Waals surface area contributed by atoms with Gasteiger partial charge in [-0.3, -0.25) is 4.72 Å². The normalized spacial score (nSPS) is 12.2. The van der Waals surface area contributed by atoms with E-state index in [1.807, 2.05) is 6.92 Å². The van der Waals surface area contributed by atoms with Gasteiger partial charge in [0.05, 0.1) is 31.9 Å². The maximum absolute atomic E-state index is 13.0. The van der Waals surface area contributed by atoms with E-state index in [0.717, 1.165) is 5.56 Å². The van der Waals surface area contributed by atoms with E-state index in [1.54, 1.807) is 49.6 Å². The Morgan fingerprint density at radius 1 is 0.839 bits per heavy atom. The Bertz CT molecular complexity index is 1140. The molecule has 7 nitrogen and oxygen atoms in total. The summed E-state index contributed by atoms with van der Waals surface area (Å²) in [6, 6.07) is 16.4. The fourth-order valence-electron chi connectivity index (χ4n) is 3.10. The molecule has 1 unspecified atom stereocenters. The third kappa shape index (κ3) is 4.92. The molecular formula is C23H25NO6S. The Balaban J connectivity index is 2.08. The fraction of sp³-hybridized carbons (Fsp3) is 0.217. The van der Waals surface area contributed by atoms with Gasteiger partial charge in [-0.2, -0.15) is 0 Å². The van der Waals surface area contributed by atoms with Crippen molar-refractivity contribution in [2.24, 2.45) is 0 Å². The SMILES string of the molecule is COc1ccc(C(O)c2cc(OC)c(OC)cc2NS(=O)(=O)c2ccc(C)cc2)cc1. The van der Waals surface area contributed by atoms with Crippen LogP contribution in [0.5, 0.6) is 17.2 Å². The van der Waals surface area contributed by atoms with Crippen LogP contribution in [0.25, 0.3) is 0 Å². The van der Waals surface area contributed by atoms with Gasteiger partial charge in [0.15, 0.2) is 11.5 Å². The predicted octanol–water partition coefficient (Wildman–Crippen LogP) is 3.90. The molecule has 31 heavy (non-hydrogen) atoms. The van der Waals surface area contributed by atoms with Crippen LogP contribution in [0.15, 0.2) is 65.6 Å². The van der Waals surface area contributed by atoms with Gasteiger partial charge in [-0.15, -0.1) is 0 Å². The maximum Gasteiger partial charge on any atom is 0.261 e. The Morgan fingerprint density at radius 2 is 1.42 bits per heavy atom. The Kier molecular flexibility index (Phi) is 6.72. The molecule has 0 aliphatic carbocycles. The van der Waals surface area contributed by atoms with Crippen LogP contribution in [-0.2, 0) is 10.0 Å². The van der Waals surface area contributed by atoms with Crippen LogP contribution in [0.3, 0.4) is 0 Å². The van der Waals surface area contributed by atoms with Gasteiger partial charge in [-0.25, -0.2) is 8.42 Å². The minimum absolute atomic E-state index is 0.109. The summed E-state index contributed by atoms with van der Waals surface area (Å²) in [6.45, 7) is 1.88. The Hall–Kier alpha value is -3.23. The summed E-state index contributed by atoms with van der Waals surface area (Å²) in [5, 5.41) is 11.1. The van der Waals surface area contributed by atoms with Crippen LogP contribution in [0, 0.1) is 6.92 Å². The number of nitrogens with one attached hydrogen (secondary N) is 1. The van der Waals surface area contributed by atoms with Gasteiger partial charge >= 0.3 is 0 Å². The van der Waals surface area contributed by atoms with E-state index < -0.39 is 16.1 Å². The van der Waals surface area contributed by atoms with Gasteiger partial charge in [0, 0.05) is 11.6 Å². The molecule has 0 saturated heterocycles. The van der Waals surface area contributed by atoms with E-state index in [1.165, 1.54) is 32.4 Å². The van der Waals surface area contributed by atoms with Crippen molar-refractivity contribution in [3.63, 3.8) is 0 Å². The monoisotopic (exact) mass is 443 g/mol. The molecule has 0 heterocycles. The number of rotatable bonds is 8. The fourth-order valence-corrected chi connectivity index (χ4v) is 4.17.